The van der Waals surface area contributed by atoms with E-state index in [4.69, 9.17) is 4.74 Å². The summed E-state index contributed by atoms with van der Waals surface area (Å²) in [4.78, 5) is 29.2. The van der Waals surface area contributed by atoms with Gasteiger partial charge in [0.15, 0.2) is 11.5 Å². The number of carbonyl (C=O) groups excluding carboxylic acids is 1. The first-order valence-electron chi connectivity index (χ1n) is 14.3. The largest absolute Gasteiger partial charge is 0.504 e. The van der Waals surface area contributed by atoms with Crippen LogP contribution in [0.4, 0.5) is 5.69 Å². The molecule has 2 aromatic rings. The Balaban J connectivity index is 1.30. The van der Waals surface area contributed by atoms with Crippen molar-refractivity contribution < 1.29 is 24.7 Å². The van der Waals surface area contributed by atoms with Crippen LogP contribution >= 0.6 is 0 Å². The minimum atomic E-state index is -1.18. The van der Waals surface area contributed by atoms with Gasteiger partial charge < -0.3 is 19.8 Å². The number of phenolic OH excluding ortho intramolecular Hbond substituents is 1. The summed E-state index contributed by atoms with van der Waals surface area (Å²) in [5, 5.41) is 35.8. The topological polar surface area (TPSA) is 116 Å². The summed E-state index contributed by atoms with van der Waals surface area (Å²) in [5.41, 5.74) is 0.954. The second-order valence-electron chi connectivity index (χ2n) is 12.5. The molecule has 2 bridgehead atoms. The molecule has 210 valence electrons. The molecule has 2 N–H and O–H groups in total. The van der Waals surface area contributed by atoms with Crippen LogP contribution in [0.5, 0.6) is 11.5 Å². The van der Waals surface area contributed by atoms with Crippen molar-refractivity contribution >= 4 is 17.7 Å². The number of nitro groups is 1. The Bertz CT molecular complexity index is 1450. The molecule has 1 amide bonds. The van der Waals surface area contributed by atoms with Crippen molar-refractivity contribution in [3.8, 4) is 11.5 Å². The Kier molecular flexibility index (Phi) is 5.61. The van der Waals surface area contributed by atoms with Gasteiger partial charge in [0.05, 0.1) is 28.0 Å². The highest BCUT2D eigenvalue weighted by Crippen LogP contribution is 2.67. The number of benzene rings is 2. The molecule has 0 aromatic heterocycles. The third-order valence-electron chi connectivity index (χ3n) is 10.3. The van der Waals surface area contributed by atoms with Gasteiger partial charge >= 0.3 is 0 Å². The first-order valence-corrected chi connectivity index (χ1v) is 14.3. The van der Waals surface area contributed by atoms with Gasteiger partial charge in [-0.2, -0.15) is 0 Å². The average molecular weight is 546 g/mol. The first kappa shape index (κ1) is 25.5. The second kappa shape index (κ2) is 8.78. The molecular weight excluding hydrogens is 510 g/mol. The summed E-state index contributed by atoms with van der Waals surface area (Å²) in [7, 11) is 1.76. The predicted octanol–water partition coefficient (Wildman–Crippen LogP) is 3.71. The molecule has 3 fully saturated rings. The zero-order chi connectivity index (χ0) is 28.0. The summed E-state index contributed by atoms with van der Waals surface area (Å²) < 4.78 is 6.53. The molecule has 2 unspecified atom stereocenters. The summed E-state index contributed by atoms with van der Waals surface area (Å²) in [5.74, 6) is 0.394. The second-order valence-corrected chi connectivity index (χ2v) is 12.5. The van der Waals surface area contributed by atoms with E-state index in [0.29, 0.717) is 42.7 Å². The average Bonchev–Trinajstić information content (AvgIpc) is 3.66. The lowest BCUT2D eigenvalue weighted by Crippen LogP contribution is -2.78. The van der Waals surface area contributed by atoms with Gasteiger partial charge in [0, 0.05) is 36.8 Å². The zero-order valence-corrected chi connectivity index (χ0v) is 22.9. The van der Waals surface area contributed by atoms with Crippen LogP contribution in [-0.2, 0) is 16.6 Å². The number of nitro benzene ring substituents is 1. The number of amides is 1. The fourth-order valence-corrected chi connectivity index (χ4v) is 8.30. The smallest absolute Gasteiger partial charge is 0.276 e. The maximum absolute atomic E-state index is 13.4. The first-order chi connectivity index (χ1) is 19.1. The lowest BCUT2D eigenvalue weighted by molar-refractivity contribution is -0.386. The number of rotatable bonds is 6. The summed E-state index contributed by atoms with van der Waals surface area (Å²) in [6.45, 7) is 3.63. The predicted molar refractivity (Wildman–Crippen MR) is 148 cm³/mol. The minimum absolute atomic E-state index is 0.118. The van der Waals surface area contributed by atoms with Crippen LogP contribution in [-0.4, -0.2) is 74.8 Å². The van der Waals surface area contributed by atoms with Crippen molar-refractivity contribution in [3.63, 3.8) is 0 Å². The SMILES string of the molecule is Cc1cccc(/C=C/C(=O)N(C)C2CC[C@@]3(O)[C@H]4Cc5c([N+](=O)[O-])cc(O)c6c5[C@@]3(CCN4CC3CC3)C2O6)c1. The van der Waals surface area contributed by atoms with Crippen LogP contribution in [0.3, 0.4) is 0 Å². The molecule has 3 aliphatic carbocycles. The van der Waals surface area contributed by atoms with Gasteiger partial charge in [-0.25, -0.2) is 0 Å². The molecule has 9 nitrogen and oxygen atoms in total. The van der Waals surface area contributed by atoms with Gasteiger partial charge in [-0.05, 0) is 69.6 Å². The fourth-order valence-electron chi connectivity index (χ4n) is 8.30. The quantitative estimate of drug-likeness (QED) is 0.323. The Morgan fingerprint density at radius 1 is 1.27 bits per heavy atom. The number of carbonyl (C=O) groups is 1. The minimum Gasteiger partial charge on any atom is -0.504 e. The summed E-state index contributed by atoms with van der Waals surface area (Å²) in [6, 6.07) is 8.45. The van der Waals surface area contributed by atoms with E-state index < -0.39 is 22.0 Å². The number of hydrogen-bond acceptors (Lipinski definition) is 7. The maximum atomic E-state index is 13.4. The zero-order valence-electron chi connectivity index (χ0n) is 22.9. The van der Waals surface area contributed by atoms with E-state index >= 15 is 0 Å². The number of phenols is 1. The molecule has 2 aromatic carbocycles. The number of hydrogen-bond donors (Lipinski definition) is 2. The Hall–Kier alpha value is -3.43. The van der Waals surface area contributed by atoms with E-state index in [1.807, 2.05) is 31.2 Å². The highest BCUT2D eigenvalue weighted by Gasteiger charge is 2.74. The number of aryl methyl sites for hydroxylation is 1. The molecule has 7 rings (SSSR count). The normalized spacial score (nSPS) is 32.0. The molecule has 2 aliphatic heterocycles. The van der Waals surface area contributed by atoms with Gasteiger partial charge in [-0.1, -0.05) is 29.8 Å². The lowest BCUT2D eigenvalue weighted by atomic mass is 9.48. The third-order valence-corrected chi connectivity index (χ3v) is 10.3. The molecule has 40 heavy (non-hydrogen) atoms. The monoisotopic (exact) mass is 545 g/mol. The van der Waals surface area contributed by atoms with Gasteiger partial charge in [-0.3, -0.25) is 19.8 Å². The van der Waals surface area contributed by atoms with Gasteiger partial charge in [0.2, 0.25) is 5.91 Å². The van der Waals surface area contributed by atoms with Crippen molar-refractivity contribution in [2.24, 2.45) is 5.92 Å². The number of nitrogens with zero attached hydrogens (tertiary/aromatic N) is 3. The Morgan fingerprint density at radius 2 is 2.08 bits per heavy atom. The molecule has 1 spiro atoms. The molecule has 5 atom stereocenters. The number of likely N-dealkylation sites (N-methyl/N-ethyl adjacent to an activating group) is 1. The van der Waals surface area contributed by atoms with Crippen molar-refractivity contribution in [2.45, 2.75) is 74.7 Å². The molecule has 9 heteroatoms. The number of likely N-dealkylation sites (tertiary alicyclic amines) is 1. The van der Waals surface area contributed by atoms with Crippen molar-refractivity contribution in [1.29, 1.82) is 0 Å². The third kappa shape index (κ3) is 3.50. The van der Waals surface area contributed by atoms with Gasteiger partial charge in [0.1, 0.15) is 6.10 Å². The van der Waals surface area contributed by atoms with Crippen LogP contribution in [0, 0.1) is 23.0 Å². The van der Waals surface area contributed by atoms with Gasteiger partial charge in [0.25, 0.3) is 5.69 Å². The summed E-state index contributed by atoms with van der Waals surface area (Å²) >= 11 is 0. The standard InChI is InChI=1S/C31H35N3O6/c1-18-4-3-5-19(14-18)8-9-26(36)32(2)22-10-11-31(37)25-15-21-23(34(38)39)16-24(35)28-27(21)30(31,29(22)40-28)12-13-33(25)17-20-6-7-20/h3-5,8-9,14,16,20,22,25,29,35,37H,6-7,10-13,15,17H2,1-2H3/b9-8+/t22?,25-,29?,30+,31-/m1/s1. The summed E-state index contributed by atoms with van der Waals surface area (Å²) in [6.07, 6.45) is 6.97. The molecular formula is C31H35N3O6. The number of aromatic hydroxyl groups is 1. The number of piperidine rings is 1. The van der Waals surface area contributed by atoms with Crippen LogP contribution in [0.1, 0.15) is 54.4 Å². The van der Waals surface area contributed by atoms with E-state index in [9.17, 15) is 25.1 Å². The highest BCUT2D eigenvalue weighted by molar-refractivity contribution is 5.92. The molecule has 1 saturated heterocycles. The molecule has 5 aliphatic rings. The van der Waals surface area contributed by atoms with E-state index in [2.05, 4.69) is 4.90 Å². The molecule has 2 saturated carbocycles. The Morgan fingerprint density at radius 3 is 2.80 bits per heavy atom. The highest BCUT2D eigenvalue weighted by atomic mass is 16.6. The van der Waals surface area contributed by atoms with Crippen molar-refractivity contribution in [2.75, 3.05) is 20.1 Å². The number of aliphatic hydroxyl groups is 1. The van der Waals surface area contributed by atoms with Crippen LogP contribution in [0.15, 0.2) is 36.4 Å². The van der Waals surface area contributed by atoms with Gasteiger partial charge in [-0.15, -0.1) is 0 Å². The van der Waals surface area contributed by atoms with Crippen LogP contribution in [0.25, 0.3) is 6.08 Å². The molecule has 0 radical (unpaired) electrons. The van der Waals surface area contributed by atoms with Crippen LogP contribution in [0.2, 0.25) is 0 Å². The van der Waals surface area contributed by atoms with E-state index in [-0.39, 0.29) is 35.2 Å². The fraction of sp³-hybridized carbons (Fsp3) is 0.516. The van der Waals surface area contributed by atoms with Crippen molar-refractivity contribution in [3.05, 3.63) is 68.8 Å². The van der Waals surface area contributed by atoms with E-state index in [0.717, 1.165) is 24.2 Å². The van der Waals surface area contributed by atoms with Crippen LogP contribution < -0.4 is 4.74 Å². The maximum Gasteiger partial charge on any atom is 0.276 e. The Labute approximate surface area is 233 Å². The number of ether oxygens (including phenoxy) is 1. The molecule has 2 heterocycles. The van der Waals surface area contributed by atoms with E-state index in [1.54, 1.807) is 24.1 Å². The lowest BCUT2D eigenvalue weighted by Gasteiger charge is -2.64. The van der Waals surface area contributed by atoms with E-state index in [1.165, 1.54) is 18.9 Å². The van der Waals surface area contributed by atoms with Crippen molar-refractivity contribution in [1.82, 2.24) is 9.80 Å².